The molecule has 0 aliphatic rings. The monoisotopic (exact) mass is 219 g/mol. The Balaban J connectivity index is 3.71. The number of carbonyl (C=O) groups is 1. The lowest BCUT2D eigenvalue weighted by Gasteiger charge is -2.20. The molecule has 3 nitrogen and oxygen atoms in total. The lowest BCUT2D eigenvalue weighted by Crippen LogP contribution is -2.28. The molecular formula is C10H21NO2S. The van der Waals surface area contributed by atoms with Crippen molar-refractivity contribution in [2.75, 3.05) is 18.6 Å². The zero-order chi connectivity index (χ0) is 11.2. The number of rotatable bonds is 6. The number of nitrogens with two attached hydrogens (primary N) is 1. The summed E-state index contributed by atoms with van der Waals surface area (Å²) in [6, 6.07) is 0.240. The van der Waals surface area contributed by atoms with Crippen molar-refractivity contribution in [3.63, 3.8) is 0 Å². The van der Waals surface area contributed by atoms with E-state index in [-0.39, 0.29) is 12.0 Å². The van der Waals surface area contributed by atoms with E-state index in [0.717, 1.165) is 17.9 Å². The maximum absolute atomic E-state index is 11.3. The number of hydrogen-bond acceptors (Lipinski definition) is 4. The molecule has 0 aliphatic carbocycles. The first kappa shape index (κ1) is 13.8. The highest BCUT2D eigenvalue weighted by Gasteiger charge is 2.28. The molecule has 0 amide bonds. The van der Waals surface area contributed by atoms with E-state index in [9.17, 15) is 4.79 Å². The Labute approximate surface area is 90.8 Å². The van der Waals surface area contributed by atoms with E-state index in [4.69, 9.17) is 10.5 Å². The minimum absolute atomic E-state index is 0.147. The number of hydrogen-bond donors (Lipinski definition) is 1. The molecule has 1 unspecified atom stereocenters. The molecule has 0 bridgehead atoms. The van der Waals surface area contributed by atoms with Gasteiger partial charge in [-0.2, -0.15) is 11.8 Å². The number of esters is 1. The van der Waals surface area contributed by atoms with Crippen LogP contribution in [-0.2, 0) is 9.53 Å². The van der Waals surface area contributed by atoms with Crippen LogP contribution in [0.4, 0.5) is 0 Å². The average Bonchev–Trinajstić information content (AvgIpc) is 2.10. The fourth-order valence-corrected chi connectivity index (χ4v) is 2.24. The van der Waals surface area contributed by atoms with Gasteiger partial charge in [0.1, 0.15) is 0 Å². The Morgan fingerprint density at radius 2 is 2.14 bits per heavy atom. The van der Waals surface area contributed by atoms with E-state index >= 15 is 0 Å². The van der Waals surface area contributed by atoms with Gasteiger partial charge in [0, 0.05) is 11.8 Å². The van der Waals surface area contributed by atoms with Crippen LogP contribution in [0.2, 0.25) is 0 Å². The number of methoxy groups -OCH3 is 1. The molecule has 84 valence electrons. The molecule has 0 saturated carbocycles. The Morgan fingerprint density at radius 1 is 1.57 bits per heavy atom. The molecule has 0 spiro atoms. The van der Waals surface area contributed by atoms with E-state index in [1.54, 1.807) is 11.8 Å². The quantitative estimate of drug-likeness (QED) is 0.545. The van der Waals surface area contributed by atoms with Crippen molar-refractivity contribution in [2.45, 2.75) is 33.2 Å². The molecule has 0 aromatic heterocycles. The van der Waals surface area contributed by atoms with E-state index in [2.05, 4.69) is 0 Å². The molecule has 0 aromatic carbocycles. The van der Waals surface area contributed by atoms with Crippen LogP contribution in [0.1, 0.15) is 27.2 Å². The lowest BCUT2D eigenvalue weighted by molar-refractivity contribution is -0.149. The van der Waals surface area contributed by atoms with Gasteiger partial charge in [-0.25, -0.2) is 0 Å². The molecular weight excluding hydrogens is 198 g/mol. The van der Waals surface area contributed by atoms with Gasteiger partial charge in [-0.15, -0.1) is 0 Å². The second-order valence-corrected chi connectivity index (χ2v) is 5.30. The summed E-state index contributed by atoms with van der Waals surface area (Å²) >= 11 is 1.75. The smallest absolute Gasteiger partial charge is 0.312 e. The van der Waals surface area contributed by atoms with Crippen molar-refractivity contribution < 1.29 is 9.53 Å². The fourth-order valence-electron chi connectivity index (χ4n) is 0.932. The van der Waals surface area contributed by atoms with Gasteiger partial charge in [0.25, 0.3) is 0 Å². The molecule has 0 heterocycles. The van der Waals surface area contributed by atoms with Crippen LogP contribution in [0.25, 0.3) is 0 Å². The Bertz CT molecular complexity index is 181. The zero-order valence-electron chi connectivity index (χ0n) is 9.50. The minimum Gasteiger partial charge on any atom is -0.469 e. The van der Waals surface area contributed by atoms with E-state index in [0.29, 0.717) is 0 Å². The van der Waals surface area contributed by atoms with Crippen LogP contribution in [0.5, 0.6) is 0 Å². The number of carbonyl (C=O) groups excluding carboxylic acids is 1. The third-order valence-electron chi connectivity index (χ3n) is 1.92. The van der Waals surface area contributed by atoms with Gasteiger partial charge >= 0.3 is 5.97 Å². The van der Waals surface area contributed by atoms with Crippen molar-refractivity contribution >= 4 is 17.7 Å². The molecule has 2 N–H and O–H groups in total. The van der Waals surface area contributed by atoms with Gasteiger partial charge in [-0.05, 0) is 32.9 Å². The predicted octanol–water partition coefficient (Wildman–Crippen LogP) is 1.66. The third-order valence-corrected chi connectivity index (χ3v) is 3.37. The van der Waals surface area contributed by atoms with Crippen LogP contribution in [0.3, 0.4) is 0 Å². The highest BCUT2D eigenvalue weighted by atomic mass is 32.2. The van der Waals surface area contributed by atoms with Gasteiger partial charge in [0.05, 0.1) is 12.5 Å². The fraction of sp³-hybridized carbons (Fsp3) is 0.900. The second-order valence-electron chi connectivity index (χ2n) is 4.19. The lowest BCUT2D eigenvalue weighted by atomic mass is 9.97. The first-order chi connectivity index (χ1) is 6.40. The van der Waals surface area contributed by atoms with Crippen LogP contribution in [0, 0.1) is 5.41 Å². The highest BCUT2D eigenvalue weighted by Crippen LogP contribution is 2.23. The van der Waals surface area contributed by atoms with Crippen molar-refractivity contribution in [2.24, 2.45) is 11.1 Å². The molecule has 0 rings (SSSR count). The minimum atomic E-state index is -0.392. The highest BCUT2D eigenvalue weighted by molar-refractivity contribution is 7.99. The van der Waals surface area contributed by atoms with Gasteiger partial charge in [-0.3, -0.25) is 4.79 Å². The SMILES string of the molecule is COC(=O)C(C)(C)CSCCC(C)N. The maximum atomic E-state index is 11.3. The molecule has 1 atom stereocenters. The second kappa shape index (κ2) is 6.30. The normalized spacial score (nSPS) is 13.8. The summed E-state index contributed by atoms with van der Waals surface area (Å²) in [4.78, 5) is 11.3. The summed E-state index contributed by atoms with van der Waals surface area (Å²) in [5.74, 6) is 1.63. The first-order valence-corrected chi connectivity index (χ1v) is 5.97. The Kier molecular flexibility index (Phi) is 6.20. The number of ether oxygens (including phenoxy) is 1. The standard InChI is InChI=1S/C10H21NO2S/c1-8(11)5-6-14-7-10(2,3)9(12)13-4/h8H,5-7,11H2,1-4H3. The molecule has 0 fully saturated rings. The van der Waals surface area contributed by atoms with Crippen molar-refractivity contribution in [1.82, 2.24) is 0 Å². The zero-order valence-corrected chi connectivity index (χ0v) is 10.3. The van der Waals surface area contributed by atoms with Crippen molar-refractivity contribution in [3.05, 3.63) is 0 Å². The predicted molar refractivity (Wildman–Crippen MR) is 61.4 cm³/mol. The molecule has 0 aliphatic heterocycles. The van der Waals surface area contributed by atoms with Gasteiger partial charge in [0.15, 0.2) is 0 Å². The molecule has 4 heteroatoms. The van der Waals surface area contributed by atoms with Gasteiger partial charge in [-0.1, -0.05) is 0 Å². The van der Waals surface area contributed by atoms with Crippen molar-refractivity contribution in [3.8, 4) is 0 Å². The first-order valence-electron chi connectivity index (χ1n) is 4.82. The Hall–Kier alpha value is -0.220. The average molecular weight is 219 g/mol. The van der Waals surface area contributed by atoms with Crippen molar-refractivity contribution in [1.29, 1.82) is 0 Å². The summed E-state index contributed by atoms with van der Waals surface area (Å²) < 4.78 is 4.72. The third kappa shape index (κ3) is 5.50. The van der Waals surface area contributed by atoms with Crippen LogP contribution < -0.4 is 5.73 Å². The summed E-state index contributed by atoms with van der Waals surface area (Å²) in [6.45, 7) is 5.79. The molecule has 0 saturated heterocycles. The maximum Gasteiger partial charge on any atom is 0.312 e. The van der Waals surface area contributed by atoms with E-state index in [1.165, 1.54) is 7.11 Å². The van der Waals surface area contributed by atoms with Gasteiger partial charge in [0.2, 0.25) is 0 Å². The van der Waals surface area contributed by atoms with Crippen LogP contribution in [-0.4, -0.2) is 30.6 Å². The molecule has 0 radical (unpaired) electrons. The van der Waals surface area contributed by atoms with E-state index in [1.807, 2.05) is 20.8 Å². The summed E-state index contributed by atoms with van der Waals surface area (Å²) in [5, 5.41) is 0. The summed E-state index contributed by atoms with van der Waals surface area (Å²) in [7, 11) is 1.43. The Morgan fingerprint density at radius 3 is 2.57 bits per heavy atom. The summed E-state index contributed by atoms with van der Waals surface area (Å²) in [6.07, 6.45) is 0.988. The van der Waals surface area contributed by atoms with Crippen LogP contribution in [0.15, 0.2) is 0 Å². The molecule has 0 aromatic rings. The largest absolute Gasteiger partial charge is 0.469 e. The van der Waals surface area contributed by atoms with E-state index < -0.39 is 5.41 Å². The number of thioether (sulfide) groups is 1. The molecule has 14 heavy (non-hydrogen) atoms. The van der Waals surface area contributed by atoms with Gasteiger partial charge < -0.3 is 10.5 Å². The summed E-state index contributed by atoms with van der Waals surface area (Å²) in [5.41, 5.74) is 5.23. The topological polar surface area (TPSA) is 52.3 Å². The van der Waals surface area contributed by atoms with Crippen LogP contribution >= 0.6 is 11.8 Å².